The van der Waals surface area contributed by atoms with Crippen molar-refractivity contribution in [1.82, 2.24) is 9.88 Å². The number of hydrogen-bond acceptors (Lipinski definition) is 3. The molecule has 2 atom stereocenters. The Morgan fingerprint density at radius 1 is 0.923 bits per heavy atom. The molecule has 132 valence electrons. The number of allylic oxidation sites excluding steroid dienone is 2. The fourth-order valence-corrected chi connectivity index (χ4v) is 3.84. The first-order chi connectivity index (χ1) is 12.6. The van der Waals surface area contributed by atoms with E-state index < -0.39 is 5.97 Å². The van der Waals surface area contributed by atoms with Gasteiger partial charge in [0.15, 0.2) is 0 Å². The molecule has 4 rings (SSSR count). The van der Waals surface area contributed by atoms with Crippen LogP contribution in [0.2, 0.25) is 0 Å². The first kappa shape index (κ1) is 16.5. The summed E-state index contributed by atoms with van der Waals surface area (Å²) in [7, 11) is 0. The van der Waals surface area contributed by atoms with Gasteiger partial charge in [0.25, 0.3) is 5.91 Å². The van der Waals surface area contributed by atoms with Crippen molar-refractivity contribution >= 4 is 11.9 Å². The predicted octanol–water partition coefficient (Wildman–Crippen LogP) is 3.49. The first-order valence-corrected chi connectivity index (χ1v) is 8.86. The van der Waals surface area contributed by atoms with Crippen molar-refractivity contribution in [1.29, 1.82) is 0 Å². The van der Waals surface area contributed by atoms with Crippen molar-refractivity contribution in [3.63, 3.8) is 0 Å². The van der Waals surface area contributed by atoms with Crippen LogP contribution >= 0.6 is 0 Å². The minimum Gasteiger partial charge on any atom is -0.478 e. The van der Waals surface area contributed by atoms with E-state index in [0.29, 0.717) is 23.1 Å². The van der Waals surface area contributed by atoms with Gasteiger partial charge in [0, 0.05) is 30.4 Å². The van der Waals surface area contributed by atoms with E-state index >= 15 is 0 Å². The van der Waals surface area contributed by atoms with Gasteiger partial charge in [-0.05, 0) is 48.9 Å². The molecule has 1 N–H and O–H groups in total. The van der Waals surface area contributed by atoms with Gasteiger partial charge in [-0.1, -0.05) is 24.3 Å². The Hall–Kier alpha value is -2.95. The average molecular weight is 348 g/mol. The number of likely N-dealkylation sites (tertiary alicyclic amines) is 1. The summed E-state index contributed by atoms with van der Waals surface area (Å²) in [6, 6.07) is 10.6. The SMILES string of the molecule is O=C(O)c1ccc(-c2ccc(C(=O)N3C[C@H]4CC=CC[C@H]4C3)cc2)nc1. The van der Waals surface area contributed by atoms with Crippen molar-refractivity contribution < 1.29 is 14.7 Å². The van der Waals surface area contributed by atoms with E-state index in [2.05, 4.69) is 17.1 Å². The van der Waals surface area contributed by atoms with Crippen LogP contribution < -0.4 is 0 Å². The van der Waals surface area contributed by atoms with E-state index in [4.69, 9.17) is 5.11 Å². The molecule has 26 heavy (non-hydrogen) atoms. The zero-order valence-corrected chi connectivity index (χ0v) is 14.3. The minimum absolute atomic E-state index is 0.0835. The van der Waals surface area contributed by atoms with Gasteiger partial charge in [-0.15, -0.1) is 0 Å². The van der Waals surface area contributed by atoms with E-state index in [1.54, 1.807) is 6.07 Å². The molecular weight excluding hydrogens is 328 g/mol. The lowest BCUT2D eigenvalue weighted by molar-refractivity contribution is 0.0695. The molecule has 2 heterocycles. The number of carboxylic acid groups (broad SMARTS) is 1. The number of nitrogens with zero attached hydrogens (tertiary/aromatic N) is 2. The number of pyridine rings is 1. The van der Waals surface area contributed by atoms with Gasteiger partial charge in [0.05, 0.1) is 11.3 Å². The molecule has 0 bridgehead atoms. The number of rotatable bonds is 3. The molecule has 1 aliphatic heterocycles. The van der Waals surface area contributed by atoms with Crippen molar-refractivity contribution in [2.45, 2.75) is 12.8 Å². The molecule has 0 unspecified atom stereocenters. The van der Waals surface area contributed by atoms with E-state index in [1.807, 2.05) is 29.2 Å². The third-order valence-electron chi connectivity index (χ3n) is 5.35. The van der Waals surface area contributed by atoms with Crippen LogP contribution in [0.4, 0.5) is 0 Å². The van der Waals surface area contributed by atoms with Crippen molar-refractivity contribution in [3.05, 3.63) is 65.9 Å². The topological polar surface area (TPSA) is 70.5 Å². The number of aromatic nitrogens is 1. The van der Waals surface area contributed by atoms with Gasteiger partial charge in [0.1, 0.15) is 0 Å². The van der Waals surface area contributed by atoms with Crippen LogP contribution in [0.3, 0.4) is 0 Å². The molecule has 0 spiro atoms. The zero-order valence-electron chi connectivity index (χ0n) is 14.3. The summed E-state index contributed by atoms with van der Waals surface area (Å²) < 4.78 is 0. The number of aromatic carboxylic acids is 1. The van der Waals surface area contributed by atoms with Crippen LogP contribution in [0.15, 0.2) is 54.7 Å². The van der Waals surface area contributed by atoms with Crippen molar-refractivity contribution in [2.24, 2.45) is 11.8 Å². The second kappa shape index (κ2) is 6.75. The molecule has 2 aromatic rings. The third kappa shape index (κ3) is 3.12. The Morgan fingerprint density at radius 3 is 2.08 bits per heavy atom. The van der Waals surface area contributed by atoms with Gasteiger partial charge in [-0.3, -0.25) is 9.78 Å². The molecule has 1 aromatic carbocycles. The highest BCUT2D eigenvalue weighted by Crippen LogP contribution is 2.33. The lowest BCUT2D eigenvalue weighted by atomic mass is 9.86. The van der Waals surface area contributed by atoms with Crippen LogP contribution in [0.25, 0.3) is 11.3 Å². The highest BCUT2D eigenvalue weighted by molar-refractivity contribution is 5.95. The van der Waals surface area contributed by atoms with Gasteiger partial charge < -0.3 is 10.0 Å². The molecule has 1 aliphatic carbocycles. The number of amides is 1. The summed E-state index contributed by atoms with van der Waals surface area (Å²) in [6.07, 6.45) is 7.95. The van der Waals surface area contributed by atoms with E-state index in [-0.39, 0.29) is 11.5 Å². The summed E-state index contributed by atoms with van der Waals surface area (Å²) in [5, 5.41) is 8.94. The number of hydrogen-bond donors (Lipinski definition) is 1. The Bertz CT molecular complexity index is 840. The number of fused-ring (bicyclic) bond motifs is 1. The molecule has 5 heteroatoms. The van der Waals surface area contributed by atoms with Gasteiger partial charge in [-0.2, -0.15) is 0 Å². The number of benzene rings is 1. The second-order valence-electron chi connectivity index (χ2n) is 6.99. The van der Waals surface area contributed by atoms with E-state index in [0.717, 1.165) is 31.5 Å². The standard InChI is InChI=1S/C21H20N2O3/c24-20(23-12-17-3-1-2-4-18(17)13-23)15-7-5-14(6-8-15)19-10-9-16(11-22-19)21(25)26/h1-2,5-11,17-18H,3-4,12-13H2,(H,25,26)/t17-,18+. The van der Waals surface area contributed by atoms with Crippen LogP contribution in [0.5, 0.6) is 0 Å². The maximum atomic E-state index is 12.8. The van der Waals surface area contributed by atoms with Crippen molar-refractivity contribution in [3.8, 4) is 11.3 Å². The maximum absolute atomic E-state index is 12.8. The van der Waals surface area contributed by atoms with Crippen LogP contribution in [-0.2, 0) is 0 Å². The molecule has 1 saturated heterocycles. The maximum Gasteiger partial charge on any atom is 0.337 e. The molecular formula is C21H20N2O3. The van der Waals surface area contributed by atoms with Gasteiger partial charge in [0.2, 0.25) is 0 Å². The van der Waals surface area contributed by atoms with Crippen molar-refractivity contribution in [2.75, 3.05) is 13.1 Å². The number of carbonyl (C=O) groups excluding carboxylic acids is 1. The number of carboxylic acids is 1. The lowest BCUT2D eigenvalue weighted by Crippen LogP contribution is -2.28. The Labute approximate surface area is 152 Å². The Kier molecular flexibility index (Phi) is 4.29. The quantitative estimate of drug-likeness (QED) is 0.862. The Morgan fingerprint density at radius 2 is 1.54 bits per heavy atom. The van der Waals surface area contributed by atoms with Crippen LogP contribution in [-0.4, -0.2) is 40.0 Å². The third-order valence-corrected chi connectivity index (χ3v) is 5.35. The fourth-order valence-electron chi connectivity index (χ4n) is 3.84. The first-order valence-electron chi connectivity index (χ1n) is 8.86. The minimum atomic E-state index is -0.994. The predicted molar refractivity (Wildman–Crippen MR) is 97.9 cm³/mol. The number of carbonyl (C=O) groups is 2. The van der Waals surface area contributed by atoms with Gasteiger partial charge in [-0.25, -0.2) is 4.79 Å². The monoisotopic (exact) mass is 348 g/mol. The molecule has 0 saturated carbocycles. The zero-order chi connectivity index (χ0) is 18.1. The molecule has 1 fully saturated rings. The molecule has 2 aliphatic rings. The molecule has 0 radical (unpaired) electrons. The second-order valence-corrected chi connectivity index (χ2v) is 6.99. The summed E-state index contributed by atoms with van der Waals surface area (Å²) in [5.74, 6) is 0.284. The summed E-state index contributed by atoms with van der Waals surface area (Å²) in [4.78, 5) is 29.8. The summed E-state index contributed by atoms with van der Waals surface area (Å²) in [6.45, 7) is 1.68. The van der Waals surface area contributed by atoms with E-state index in [9.17, 15) is 9.59 Å². The Balaban J connectivity index is 1.47. The molecule has 5 nitrogen and oxygen atoms in total. The van der Waals surface area contributed by atoms with Crippen LogP contribution in [0.1, 0.15) is 33.6 Å². The summed E-state index contributed by atoms with van der Waals surface area (Å²) >= 11 is 0. The van der Waals surface area contributed by atoms with E-state index in [1.165, 1.54) is 12.3 Å². The summed E-state index contributed by atoms with van der Waals surface area (Å²) in [5.41, 5.74) is 2.39. The smallest absolute Gasteiger partial charge is 0.337 e. The van der Waals surface area contributed by atoms with Gasteiger partial charge >= 0.3 is 5.97 Å². The lowest BCUT2D eigenvalue weighted by Gasteiger charge is -2.17. The van der Waals surface area contributed by atoms with Crippen LogP contribution in [0, 0.1) is 11.8 Å². The average Bonchev–Trinajstić information content (AvgIpc) is 3.12. The fraction of sp³-hybridized carbons (Fsp3) is 0.286. The largest absolute Gasteiger partial charge is 0.478 e. The highest BCUT2D eigenvalue weighted by Gasteiger charge is 2.35. The normalized spacial score (nSPS) is 21.5. The molecule has 1 aromatic heterocycles. The highest BCUT2D eigenvalue weighted by atomic mass is 16.4. The molecule has 1 amide bonds.